The van der Waals surface area contributed by atoms with E-state index in [2.05, 4.69) is 12.2 Å². The van der Waals surface area contributed by atoms with Gasteiger partial charge in [-0.05, 0) is 43.7 Å². The predicted octanol–water partition coefficient (Wildman–Crippen LogP) is 2.99. The first-order valence-corrected chi connectivity index (χ1v) is 6.10. The molecule has 1 fully saturated rings. The number of hydrogen-bond acceptors (Lipinski definition) is 2. The molecule has 1 saturated carbocycles. The molecule has 0 aliphatic heterocycles. The second kappa shape index (κ2) is 5.36. The summed E-state index contributed by atoms with van der Waals surface area (Å²) < 4.78 is 5.30. The zero-order valence-corrected chi connectivity index (χ0v) is 9.54. The van der Waals surface area contributed by atoms with Crippen LogP contribution in [0.5, 0.6) is 0 Å². The number of rotatable bonds is 4. The molecule has 2 nitrogen and oxygen atoms in total. The molecule has 0 bridgehead atoms. The van der Waals surface area contributed by atoms with Crippen molar-refractivity contribution in [3.05, 3.63) is 24.2 Å². The van der Waals surface area contributed by atoms with Crippen LogP contribution in [0.25, 0.3) is 0 Å². The standard InChI is InChI=1S/C13H21NO/c1-11-4-6-12(7-5-11)14-9-8-13-3-2-10-15-13/h2-3,10-12,14H,4-9H2,1H3. The van der Waals surface area contributed by atoms with Crippen LogP contribution in [-0.2, 0) is 6.42 Å². The lowest BCUT2D eigenvalue weighted by Gasteiger charge is -2.26. The average molecular weight is 207 g/mol. The Balaban J connectivity index is 1.62. The van der Waals surface area contributed by atoms with Crippen LogP contribution in [0.3, 0.4) is 0 Å². The Hall–Kier alpha value is -0.760. The third kappa shape index (κ3) is 3.38. The van der Waals surface area contributed by atoms with Gasteiger partial charge in [-0.3, -0.25) is 0 Å². The Morgan fingerprint density at radius 3 is 2.80 bits per heavy atom. The largest absolute Gasteiger partial charge is 0.469 e. The fourth-order valence-corrected chi connectivity index (χ4v) is 2.32. The fraction of sp³-hybridized carbons (Fsp3) is 0.692. The van der Waals surface area contributed by atoms with Crippen LogP contribution in [0.15, 0.2) is 22.8 Å². The molecule has 0 atom stereocenters. The average Bonchev–Trinajstić information content (AvgIpc) is 2.74. The van der Waals surface area contributed by atoms with E-state index in [0.717, 1.165) is 30.7 Å². The zero-order valence-electron chi connectivity index (χ0n) is 9.54. The molecule has 1 aromatic heterocycles. The summed E-state index contributed by atoms with van der Waals surface area (Å²) in [6.45, 7) is 3.41. The Kier molecular flexibility index (Phi) is 3.84. The highest BCUT2D eigenvalue weighted by atomic mass is 16.3. The first kappa shape index (κ1) is 10.7. The van der Waals surface area contributed by atoms with Crippen LogP contribution in [0, 0.1) is 5.92 Å². The van der Waals surface area contributed by atoms with E-state index in [4.69, 9.17) is 4.42 Å². The number of nitrogens with one attached hydrogen (secondary N) is 1. The summed E-state index contributed by atoms with van der Waals surface area (Å²) >= 11 is 0. The first-order chi connectivity index (χ1) is 7.34. The molecule has 0 aromatic carbocycles. The van der Waals surface area contributed by atoms with Gasteiger partial charge in [0.15, 0.2) is 0 Å². The van der Waals surface area contributed by atoms with Crippen molar-refractivity contribution >= 4 is 0 Å². The van der Waals surface area contributed by atoms with E-state index in [1.54, 1.807) is 6.26 Å². The molecule has 0 spiro atoms. The quantitative estimate of drug-likeness (QED) is 0.821. The van der Waals surface area contributed by atoms with Gasteiger partial charge in [0.2, 0.25) is 0 Å². The van der Waals surface area contributed by atoms with Crippen molar-refractivity contribution in [2.45, 2.75) is 45.1 Å². The maximum atomic E-state index is 5.30. The van der Waals surface area contributed by atoms with Gasteiger partial charge >= 0.3 is 0 Å². The summed E-state index contributed by atoms with van der Waals surface area (Å²) in [6.07, 6.45) is 8.23. The molecule has 0 amide bonds. The molecular formula is C13H21NO. The molecule has 1 aliphatic rings. The van der Waals surface area contributed by atoms with Gasteiger partial charge in [0.05, 0.1) is 6.26 Å². The van der Waals surface area contributed by atoms with Crippen LogP contribution < -0.4 is 5.32 Å². The molecule has 15 heavy (non-hydrogen) atoms. The minimum Gasteiger partial charge on any atom is -0.469 e. The molecule has 1 aliphatic carbocycles. The molecular weight excluding hydrogens is 186 g/mol. The van der Waals surface area contributed by atoms with Crippen LogP contribution >= 0.6 is 0 Å². The maximum Gasteiger partial charge on any atom is 0.105 e. The minimum atomic E-state index is 0.746. The van der Waals surface area contributed by atoms with Crippen molar-refractivity contribution in [2.24, 2.45) is 5.92 Å². The van der Waals surface area contributed by atoms with Gasteiger partial charge in [0, 0.05) is 19.0 Å². The van der Waals surface area contributed by atoms with Gasteiger partial charge in [-0.15, -0.1) is 0 Å². The SMILES string of the molecule is CC1CCC(NCCc2ccco2)CC1. The molecule has 2 rings (SSSR count). The topological polar surface area (TPSA) is 25.2 Å². The van der Waals surface area contributed by atoms with Crippen LogP contribution in [0.4, 0.5) is 0 Å². The highest BCUT2D eigenvalue weighted by molar-refractivity contribution is 4.98. The van der Waals surface area contributed by atoms with Gasteiger partial charge in [0.1, 0.15) is 5.76 Å². The molecule has 1 N–H and O–H groups in total. The second-order valence-electron chi connectivity index (χ2n) is 4.74. The third-order valence-electron chi connectivity index (χ3n) is 3.40. The Morgan fingerprint density at radius 2 is 2.13 bits per heavy atom. The highest BCUT2D eigenvalue weighted by Gasteiger charge is 2.17. The van der Waals surface area contributed by atoms with Crippen molar-refractivity contribution < 1.29 is 4.42 Å². The molecule has 1 aromatic rings. The van der Waals surface area contributed by atoms with Crippen molar-refractivity contribution in [3.63, 3.8) is 0 Å². The van der Waals surface area contributed by atoms with Crippen molar-refractivity contribution in [2.75, 3.05) is 6.54 Å². The normalized spacial score (nSPS) is 26.7. The van der Waals surface area contributed by atoms with Gasteiger partial charge < -0.3 is 9.73 Å². The van der Waals surface area contributed by atoms with E-state index in [9.17, 15) is 0 Å². The number of hydrogen-bond donors (Lipinski definition) is 1. The molecule has 0 unspecified atom stereocenters. The summed E-state index contributed by atoms with van der Waals surface area (Å²) in [5, 5.41) is 3.62. The van der Waals surface area contributed by atoms with Gasteiger partial charge in [0.25, 0.3) is 0 Å². The van der Waals surface area contributed by atoms with Gasteiger partial charge in [-0.1, -0.05) is 6.92 Å². The summed E-state index contributed by atoms with van der Waals surface area (Å²) in [5.41, 5.74) is 0. The van der Waals surface area contributed by atoms with E-state index in [0.29, 0.717) is 0 Å². The molecule has 84 valence electrons. The van der Waals surface area contributed by atoms with Crippen LogP contribution in [-0.4, -0.2) is 12.6 Å². The third-order valence-corrected chi connectivity index (χ3v) is 3.40. The summed E-state index contributed by atoms with van der Waals surface area (Å²) in [7, 11) is 0. The monoisotopic (exact) mass is 207 g/mol. The lowest BCUT2D eigenvalue weighted by atomic mass is 9.87. The van der Waals surface area contributed by atoms with E-state index in [1.807, 2.05) is 12.1 Å². The Bertz CT molecular complexity index is 260. The highest BCUT2D eigenvalue weighted by Crippen LogP contribution is 2.23. The van der Waals surface area contributed by atoms with Gasteiger partial charge in [-0.2, -0.15) is 0 Å². The molecule has 0 radical (unpaired) electrons. The van der Waals surface area contributed by atoms with E-state index < -0.39 is 0 Å². The summed E-state index contributed by atoms with van der Waals surface area (Å²) in [4.78, 5) is 0. The number of furan rings is 1. The molecule has 0 saturated heterocycles. The maximum absolute atomic E-state index is 5.30. The fourth-order valence-electron chi connectivity index (χ4n) is 2.32. The van der Waals surface area contributed by atoms with Crippen molar-refractivity contribution in [1.29, 1.82) is 0 Å². The second-order valence-corrected chi connectivity index (χ2v) is 4.74. The van der Waals surface area contributed by atoms with E-state index >= 15 is 0 Å². The minimum absolute atomic E-state index is 0.746. The first-order valence-electron chi connectivity index (χ1n) is 6.10. The van der Waals surface area contributed by atoms with Gasteiger partial charge in [-0.25, -0.2) is 0 Å². The Labute approximate surface area is 92.1 Å². The Morgan fingerprint density at radius 1 is 1.33 bits per heavy atom. The van der Waals surface area contributed by atoms with Crippen LogP contribution in [0.2, 0.25) is 0 Å². The summed E-state index contributed by atoms with van der Waals surface area (Å²) in [5.74, 6) is 2.03. The van der Waals surface area contributed by atoms with Crippen molar-refractivity contribution in [3.8, 4) is 0 Å². The lowest BCUT2D eigenvalue weighted by molar-refractivity contribution is 0.307. The predicted molar refractivity (Wildman–Crippen MR) is 61.8 cm³/mol. The van der Waals surface area contributed by atoms with E-state index in [1.165, 1.54) is 25.7 Å². The van der Waals surface area contributed by atoms with Crippen molar-refractivity contribution in [1.82, 2.24) is 5.32 Å². The lowest BCUT2D eigenvalue weighted by Crippen LogP contribution is -2.34. The van der Waals surface area contributed by atoms with Crippen LogP contribution in [0.1, 0.15) is 38.4 Å². The smallest absolute Gasteiger partial charge is 0.105 e. The zero-order chi connectivity index (χ0) is 10.5. The summed E-state index contributed by atoms with van der Waals surface area (Å²) in [6, 6.07) is 4.75. The molecule has 1 heterocycles. The molecule has 2 heteroatoms. The van der Waals surface area contributed by atoms with E-state index in [-0.39, 0.29) is 0 Å².